The molecule has 0 atom stereocenters. The molecule has 1 N–H and O–H groups in total. The van der Waals surface area contributed by atoms with E-state index in [1.165, 1.54) is 12.1 Å². The standard InChI is InChI=1S/C17H13ClO4/c18-14-5-1-3-12(9-14)7-8-16(19)13-4-2-6-15(10-13)22-11-17(20)21/h1-10H,11H2,(H,20,21)/b8-7+. The van der Waals surface area contributed by atoms with Gasteiger partial charge in [-0.25, -0.2) is 4.79 Å². The first-order valence-corrected chi connectivity index (χ1v) is 6.85. The molecule has 0 spiro atoms. The molecule has 0 aliphatic carbocycles. The first-order valence-electron chi connectivity index (χ1n) is 6.47. The van der Waals surface area contributed by atoms with Crippen LogP contribution in [-0.4, -0.2) is 23.5 Å². The lowest BCUT2D eigenvalue weighted by atomic mass is 10.1. The summed E-state index contributed by atoms with van der Waals surface area (Å²) in [4.78, 5) is 22.6. The molecule has 0 fully saturated rings. The Hall–Kier alpha value is -2.59. The molecule has 0 aliphatic heterocycles. The Balaban J connectivity index is 2.09. The number of rotatable bonds is 6. The van der Waals surface area contributed by atoms with Crippen molar-refractivity contribution >= 4 is 29.4 Å². The van der Waals surface area contributed by atoms with Crippen molar-refractivity contribution in [2.75, 3.05) is 6.61 Å². The zero-order valence-electron chi connectivity index (χ0n) is 11.5. The average molecular weight is 317 g/mol. The molecule has 0 aliphatic rings. The summed E-state index contributed by atoms with van der Waals surface area (Å²) in [5.74, 6) is -0.942. The highest BCUT2D eigenvalue weighted by Crippen LogP contribution is 2.16. The van der Waals surface area contributed by atoms with Gasteiger partial charge in [-0.2, -0.15) is 0 Å². The van der Waals surface area contributed by atoms with Gasteiger partial charge in [-0.3, -0.25) is 4.79 Å². The quantitative estimate of drug-likeness (QED) is 0.652. The second kappa shape index (κ2) is 7.43. The van der Waals surface area contributed by atoms with E-state index in [2.05, 4.69) is 0 Å². The van der Waals surface area contributed by atoms with Crippen molar-refractivity contribution in [1.29, 1.82) is 0 Å². The summed E-state index contributed by atoms with van der Waals surface area (Å²) in [5, 5.41) is 9.17. The Morgan fingerprint density at radius 1 is 1.14 bits per heavy atom. The number of carbonyl (C=O) groups excluding carboxylic acids is 1. The summed E-state index contributed by atoms with van der Waals surface area (Å²) < 4.78 is 5.04. The average Bonchev–Trinajstić information content (AvgIpc) is 2.51. The summed E-state index contributed by atoms with van der Waals surface area (Å²) in [6.07, 6.45) is 3.10. The number of ether oxygens (including phenoxy) is 1. The molecule has 0 aromatic heterocycles. The Kier molecular flexibility index (Phi) is 5.33. The van der Waals surface area contributed by atoms with Crippen molar-refractivity contribution in [2.24, 2.45) is 0 Å². The fourth-order valence-corrected chi connectivity index (χ4v) is 1.96. The minimum absolute atomic E-state index is 0.208. The SMILES string of the molecule is O=C(O)COc1cccc(C(=O)/C=C/c2cccc(Cl)c2)c1. The van der Waals surface area contributed by atoms with E-state index < -0.39 is 12.6 Å². The molecule has 5 heteroatoms. The summed E-state index contributed by atoms with van der Waals surface area (Å²) in [5.41, 5.74) is 1.24. The van der Waals surface area contributed by atoms with E-state index in [-0.39, 0.29) is 5.78 Å². The molecule has 0 bridgehead atoms. The third-order valence-corrected chi connectivity index (χ3v) is 2.99. The number of hydrogen-bond acceptors (Lipinski definition) is 3. The van der Waals surface area contributed by atoms with Crippen molar-refractivity contribution in [2.45, 2.75) is 0 Å². The topological polar surface area (TPSA) is 63.6 Å². The third kappa shape index (κ3) is 4.75. The second-order valence-electron chi connectivity index (χ2n) is 4.46. The van der Waals surface area contributed by atoms with Gasteiger partial charge in [0.05, 0.1) is 0 Å². The van der Waals surface area contributed by atoms with Gasteiger partial charge in [-0.05, 0) is 35.9 Å². The zero-order chi connectivity index (χ0) is 15.9. The normalized spacial score (nSPS) is 10.6. The fourth-order valence-electron chi connectivity index (χ4n) is 1.76. The number of allylic oxidation sites excluding steroid dienone is 1. The minimum atomic E-state index is -1.07. The number of halogens is 1. The van der Waals surface area contributed by atoms with E-state index in [0.717, 1.165) is 5.56 Å². The van der Waals surface area contributed by atoms with E-state index in [0.29, 0.717) is 16.3 Å². The van der Waals surface area contributed by atoms with Crippen LogP contribution in [0, 0.1) is 0 Å². The second-order valence-corrected chi connectivity index (χ2v) is 4.90. The third-order valence-electron chi connectivity index (χ3n) is 2.76. The van der Waals surface area contributed by atoms with Crippen molar-refractivity contribution in [3.8, 4) is 5.75 Å². The molecular formula is C17H13ClO4. The summed E-state index contributed by atoms with van der Waals surface area (Å²) >= 11 is 5.87. The minimum Gasteiger partial charge on any atom is -0.482 e. The van der Waals surface area contributed by atoms with Crippen LogP contribution in [0.3, 0.4) is 0 Å². The van der Waals surface area contributed by atoms with Gasteiger partial charge >= 0.3 is 5.97 Å². The van der Waals surface area contributed by atoms with E-state index >= 15 is 0 Å². The Morgan fingerprint density at radius 3 is 2.64 bits per heavy atom. The molecule has 0 unspecified atom stereocenters. The monoisotopic (exact) mass is 316 g/mol. The van der Waals surface area contributed by atoms with E-state index in [1.807, 2.05) is 6.07 Å². The largest absolute Gasteiger partial charge is 0.482 e. The number of carboxylic acids is 1. The number of hydrogen-bond donors (Lipinski definition) is 1. The maximum Gasteiger partial charge on any atom is 0.341 e. The number of carbonyl (C=O) groups is 2. The number of ketones is 1. The van der Waals surface area contributed by atoms with E-state index in [1.54, 1.807) is 42.5 Å². The molecule has 0 amide bonds. The van der Waals surface area contributed by atoms with Crippen molar-refractivity contribution in [3.05, 3.63) is 70.8 Å². The van der Waals surface area contributed by atoms with Gasteiger partial charge in [-0.15, -0.1) is 0 Å². The van der Waals surface area contributed by atoms with E-state index in [4.69, 9.17) is 21.4 Å². The number of aliphatic carboxylic acids is 1. The van der Waals surface area contributed by atoms with Gasteiger partial charge in [0.15, 0.2) is 12.4 Å². The van der Waals surface area contributed by atoms with Crippen LogP contribution in [-0.2, 0) is 4.79 Å². The first-order chi connectivity index (χ1) is 10.5. The lowest BCUT2D eigenvalue weighted by Gasteiger charge is -2.04. The fraction of sp³-hybridized carbons (Fsp3) is 0.0588. The van der Waals surface area contributed by atoms with Crippen LogP contribution >= 0.6 is 11.6 Å². The van der Waals surface area contributed by atoms with Crippen molar-refractivity contribution in [3.63, 3.8) is 0 Å². The van der Waals surface area contributed by atoms with Crippen LogP contribution < -0.4 is 4.74 Å². The molecule has 2 aromatic carbocycles. The van der Waals surface area contributed by atoms with Gasteiger partial charge in [0, 0.05) is 10.6 Å². The van der Waals surface area contributed by atoms with Crippen molar-refractivity contribution in [1.82, 2.24) is 0 Å². The summed E-state index contributed by atoms with van der Waals surface area (Å²) in [6.45, 7) is -0.448. The Labute approximate surface area is 132 Å². The van der Waals surface area contributed by atoms with Crippen molar-refractivity contribution < 1.29 is 19.4 Å². The van der Waals surface area contributed by atoms with Gasteiger partial charge < -0.3 is 9.84 Å². The molecule has 2 aromatic rings. The number of benzene rings is 2. The maximum absolute atomic E-state index is 12.1. The maximum atomic E-state index is 12.1. The van der Waals surface area contributed by atoms with Crippen LogP contribution in [0.4, 0.5) is 0 Å². The summed E-state index contributed by atoms with van der Waals surface area (Å²) in [7, 11) is 0. The summed E-state index contributed by atoms with van der Waals surface area (Å²) in [6, 6.07) is 13.5. The molecule has 0 heterocycles. The predicted molar refractivity (Wildman–Crippen MR) is 84.4 cm³/mol. The lowest BCUT2D eigenvalue weighted by Crippen LogP contribution is -2.09. The molecule has 2 rings (SSSR count). The smallest absolute Gasteiger partial charge is 0.341 e. The van der Waals surface area contributed by atoms with Gasteiger partial charge in [-0.1, -0.05) is 41.9 Å². The first kappa shape index (κ1) is 15.8. The van der Waals surface area contributed by atoms with Gasteiger partial charge in [0.2, 0.25) is 0 Å². The molecule has 4 nitrogen and oxygen atoms in total. The van der Waals surface area contributed by atoms with Crippen LogP contribution in [0.5, 0.6) is 5.75 Å². The molecule has 0 saturated carbocycles. The predicted octanol–water partition coefficient (Wildman–Crippen LogP) is 3.70. The molecule has 112 valence electrons. The van der Waals surface area contributed by atoms with E-state index in [9.17, 15) is 9.59 Å². The van der Waals surface area contributed by atoms with Gasteiger partial charge in [0.25, 0.3) is 0 Å². The highest BCUT2D eigenvalue weighted by Gasteiger charge is 2.05. The highest BCUT2D eigenvalue weighted by atomic mass is 35.5. The van der Waals surface area contributed by atoms with Crippen LogP contribution in [0.15, 0.2) is 54.6 Å². The molecule has 22 heavy (non-hydrogen) atoms. The van der Waals surface area contributed by atoms with Gasteiger partial charge in [0.1, 0.15) is 5.75 Å². The molecule has 0 saturated heterocycles. The Morgan fingerprint density at radius 2 is 1.91 bits per heavy atom. The van der Waals surface area contributed by atoms with Crippen LogP contribution in [0.25, 0.3) is 6.08 Å². The Bertz CT molecular complexity index is 722. The number of carboxylic acid groups (broad SMARTS) is 1. The van der Waals surface area contributed by atoms with Crippen LogP contribution in [0.1, 0.15) is 15.9 Å². The zero-order valence-corrected chi connectivity index (χ0v) is 12.3. The molecule has 0 radical (unpaired) electrons. The van der Waals surface area contributed by atoms with Crippen LogP contribution in [0.2, 0.25) is 5.02 Å². The highest BCUT2D eigenvalue weighted by molar-refractivity contribution is 6.30. The molecular weight excluding hydrogens is 304 g/mol. The lowest BCUT2D eigenvalue weighted by molar-refractivity contribution is -0.139.